The summed E-state index contributed by atoms with van der Waals surface area (Å²) >= 11 is 0. The lowest BCUT2D eigenvalue weighted by molar-refractivity contribution is -0.282. The van der Waals surface area contributed by atoms with E-state index in [4.69, 9.17) is 19.7 Å². The molecule has 20 heavy (non-hydrogen) atoms. The molecule has 1 aliphatic rings. The molecule has 0 amide bonds. The van der Waals surface area contributed by atoms with Gasteiger partial charge in [-0.3, -0.25) is 9.59 Å². The van der Waals surface area contributed by atoms with E-state index in [-0.39, 0.29) is 49.1 Å². The van der Waals surface area contributed by atoms with E-state index in [0.29, 0.717) is 0 Å². The summed E-state index contributed by atoms with van der Waals surface area (Å²) in [5, 5.41) is 17.3. The van der Waals surface area contributed by atoms with Crippen LogP contribution in [0.4, 0.5) is 0 Å². The van der Waals surface area contributed by atoms with Gasteiger partial charge in [0.2, 0.25) is 0 Å². The zero-order chi connectivity index (χ0) is 15.6. The topological polar surface area (TPSA) is 93.1 Å². The van der Waals surface area contributed by atoms with E-state index >= 15 is 0 Å². The van der Waals surface area contributed by atoms with Crippen LogP contribution in [0, 0.1) is 10.8 Å². The van der Waals surface area contributed by atoms with Crippen molar-refractivity contribution in [1.82, 2.24) is 0 Å². The summed E-state index contributed by atoms with van der Waals surface area (Å²) in [5.74, 6) is -1.76. The standard InChI is InChI=1S/C14H24O6/c1-13(2)11(19-7-5-9(15)16)14(3,4)12(13)20-8-6-10(17)18/h11-12H,5-8H2,1-4H3,(H,15,16)(H,17,18). The second kappa shape index (κ2) is 6.10. The lowest BCUT2D eigenvalue weighted by Crippen LogP contribution is -2.69. The molecule has 0 atom stereocenters. The van der Waals surface area contributed by atoms with Crippen molar-refractivity contribution in [2.45, 2.75) is 52.7 Å². The molecule has 0 aliphatic heterocycles. The number of ether oxygens (including phenoxy) is 2. The van der Waals surface area contributed by atoms with Crippen LogP contribution in [-0.4, -0.2) is 47.6 Å². The van der Waals surface area contributed by atoms with Crippen LogP contribution in [0.25, 0.3) is 0 Å². The molecular formula is C14H24O6. The number of rotatable bonds is 8. The van der Waals surface area contributed by atoms with Gasteiger partial charge in [-0.25, -0.2) is 0 Å². The summed E-state index contributed by atoms with van der Waals surface area (Å²) in [5.41, 5.74) is -0.527. The second-order valence-corrected chi connectivity index (χ2v) is 6.43. The largest absolute Gasteiger partial charge is 0.481 e. The predicted octanol–water partition coefficient (Wildman–Crippen LogP) is 1.77. The first kappa shape index (κ1) is 16.9. The third-order valence-electron chi connectivity index (χ3n) is 3.90. The highest BCUT2D eigenvalue weighted by molar-refractivity contribution is 5.67. The molecule has 0 bridgehead atoms. The monoisotopic (exact) mass is 288 g/mol. The zero-order valence-corrected chi connectivity index (χ0v) is 12.5. The second-order valence-electron chi connectivity index (χ2n) is 6.43. The molecule has 2 N–H and O–H groups in total. The molecule has 1 fully saturated rings. The molecule has 1 rings (SSSR count). The average Bonchev–Trinajstić information content (AvgIpc) is 2.28. The van der Waals surface area contributed by atoms with Gasteiger partial charge in [-0.05, 0) is 0 Å². The van der Waals surface area contributed by atoms with Gasteiger partial charge in [0.15, 0.2) is 0 Å². The zero-order valence-electron chi connectivity index (χ0n) is 12.5. The summed E-state index contributed by atoms with van der Waals surface area (Å²) in [4.78, 5) is 21.0. The number of hydrogen-bond donors (Lipinski definition) is 2. The van der Waals surface area contributed by atoms with Gasteiger partial charge < -0.3 is 19.7 Å². The Bertz CT molecular complexity index is 326. The predicted molar refractivity (Wildman–Crippen MR) is 71.5 cm³/mol. The molecule has 0 aromatic carbocycles. The van der Waals surface area contributed by atoms with Crippen molar-refractivity contribution in [3.8, 4) is 0 Å². The maximum Gasteiger partial charge on any atom is 0.305 e. The van der Waals surface area contributed by atoms with Crippen molar-refractivity contribution < 1.29 is 29.3 Å². The van der Waals surface area contributed by atoms with E-state index in [0.717, 1.165) is 0 Å². The van der Waals surface area contributed by atoms with Crippen LogP contribution in [0.2, 0.25) is 0 Å². The third kappa shape index (κ3) is 3.49. The minimum atomic E-state index is -0.880. The van der Waals surface area contributed by atoms with E-state index in [2.05, 4.69) is 0 Å². The number of carboxylic acids is 2. The fourth-order valence-electron chi connectivity index (χ4n) is 3.48. The van der Waals surface area contributed by atoms with Crippen LogP contribution < -0.4 is 0 Å². The van der Waals surface area contributed by atoms with Crippen molar-refractivity contribution in [2.75, 3.05) is 13.2 Å². The van der Waals surface area contributed by atoms with Crippen LogP contribution in [0.5, 0.6) is 0 Å². The quantitative estimate of drug-likeness (QED) is 0.707. The van der Waals surface area contributed by atoms with Gasteiger partial charge in [0.1, 0.15) is 0 Å². The van der Waals surface area contributed by atoms with Crippen LogP contribution in [0.3, 0.4) is 0 Å². The molecule has 6 nitrogen and oxygen atoms in total. The Morgan fingerprint density at radius 1 is 0.850 bits per heavy atom. The molecule has 1 aliphatic carbocycles. The van der Waals surface area contributed by atoms with Gasteiger partial charge in [-0.15, -0.1) is 0 Å². The van der Waals surface area contributed by atoms with Gasteiger partial charge in [0, 0.05) is 10.8 Å². The smallest absolute Gasteiger partial charge is 0.305 e. The van der Waals surface area contributed by atoms with Gasteiger partial charge in [-0.2, -0.15) is 0 Å². The molecule has 6 heteroatoms. The van der Waals surface area contributed by atoms with E-state index in [1.165, 1.54) is 0 Å². The van der Waals surface area contributed by atoms with Gasteiger partial charge in [0.25, 0.3) is 0 Å². The Morgan fingerprint density at radius 3 is 1.40 bits per heavy atom. The Hall–Kier alpha value is -1.14. The molecule has 0 unspecified atom stereocenters. The van der Waals surface area contributed by atoms with E-state index in [1.54, 1.807) is 0 Å². The third-order valence-corrected chi connectivity index (χ3v) is 3.90. The van der Waals surface area contributed by atoms with Gasteiger partial charge in [0.05, 0.1) is 38.3 Å². The van der Waals surface area contributed by atoms with Crippen LogP contribution in [0.1, 0.15) is 40.5 Å². The van der Waals surface area contributed by atoms with Crippen LogP contribution in [-0.2, 0) is 19.1 Å². The number of hydrogen-bond acceptors (Lipinski definition) is 4. The molecule has 0 aromatic rings. The maximum atomic E-state index is 10.5. The highest BCUT2D eigenvalue weighted by Gasteiger charge is 2.63. The fraction of sp³-hybridized carbons (Fsp3) is 0.857. The molecule has 0 heterocycles. The van der Waals surface area contributed by atoms with Crippen LogP contribution in [0.15, 0.2) is 0 Å². The van der Waals surface area contributed by atoms with E-state index < -0.39 is 11.9 Å². The highest BCUT2D eigenvalue weighted by Crippen LogP contribution is 2.57. The lowest BCUT2D eigenvalue weighted by atomic mass is 9.51. The summed E-state index contributed by atoms with van der Waals surface area (Å²) in [6.07, 6.45) is -0.256. The summed E-state index contributed by atoms with van der Waals surface area (Å²) in [6, 6.07) is 0. The van der Waals surface area contributed by atoms with Crippen molar-refractivity contribution in [1.29, 1.82) is 0 Å². The summed E-state index contributed by atoms with van der Waals surface area (Å²) in [6.45, 7) is 8.33. The molecule has 0 radical (unpaired) electrons. The Labute approximate surface area is 119 Å². The summed E-state index contributed by atoms with van der Waals surface area (Å²) in [7, 11) is 0. The minimum Gasteiger partial charge on any atom is -0.481 e. The first-order valence-corrected chi connectivity index (χ1v) is 6.77. The fourth-order valence-corrected chi connectivity index (χ4v) is 3.48. The normalized spacial score (nSPS) is 26.8. The summed E-state index contributed by atoms with van der Waals surface area (Å²) < 4.78 is 11.4. The minimum absolute atomic E-state index is 0.0206. The van der Waals surface area contributed by atoms with E-state index in [9.17, 15) is 9.59 Å². The Morgan fingerprint density at radius 2 is 1.15 bits per heavy atom. The first-order valence-electron chi connectivity index (χ1n) is 6.77. The van der Waals surface area contributed by atoms with Gasteiger partial charge >= 0.3 is 11.9 Å². The SMILES string of the molecule is CC1(C)C(OCCC(=O)O)C(C)(C)C1OCCC(=O)O. The lowest BCUT2D eigenvalue weighted by Gasteiger charge is -2.62. The number of carbonyl (C=O) groups is 2. The molecule has 1 saturated carbocycles. The van der Waals surface area contributed by atoms with E-state index in [1.807, 2.05) is 27.7 Å². The van der Waals surface area contributed by atoms with Crippen molar-refractivity contribution in [3.05, 3.63) is 0 Å². The van der Waals surface area contributed by atoms with Crippen molar-refractivity contribution in [2.24, 2.45) is 10.8 Å². The molecule has 0 saturated heterocycles. The first-order chi connectivity index (χ1) is 9.10. The van der Waals surface area contributed by atoms with Gasteiger partial charge in [-0.1, -0.05) is 27.7 Å². The maximum absolute atomic E-state index is 10.5. The molecule has 116 valence electrons. The Kier molecular flexibility index (Phi) is 5.15. The highest BCUT2D eigenvalue weighted by atomic mass is 16.5. The Balaban J connectivity index is 2.54. The molecule has 0 spiro atoms. The number of carboxylic acid groups (broad SMARTS) is 2. The van der Waals surface area contributed by atoms with Crippen LogP contribution >= 0.6 is 0 Å². The number of aliphatic carboxylic acids is 2. The van der Waals surface area contributed by atoms with Crippen molar-refractivity contribution in [3.63, 3.8) is 0 Å². The molecular weight excluding hydrogens is 264 g/mol. The average molecular weight is 288 g/mol. The van der Waals surface area contributed by atoms with Crippen molar-refractivity contribution >= 4 is 11.9 Å². The molecule has 0 aromatic heterocycles.